The molecule has 0 aromatic heterocycles. The Morgan fingerprint density at radius 1 is 1.46 bits per heavy atom. The monoisotopic (exact) mass is 184 g/mol. The van der Waals surface area contributed by atoms with Crippen LogP contribution in [-0.2, 0) is 0 Å². The van der Waals surface area contributed by atoms with Crippen LogP contribution in [0.5, 0.6) is 0 Å². The molecule has 0 aliphatic heterocycles. The van der Waals surface area contributed by atoms with E-state index in [-0.39, 0.29) is 0 Å². The van der Waals surface area contributed by atoms with Crippen molar-refractivity contribution in [2.75, 3.05) is 0 Å². The Labute approximate surface area is 71.6 Å². The first kappa shape index (κ1) is 9.11. The van der Waals surface area contributed by atoms with Crippen molar-refractivity contribution in [1.82, 2.24) is 0 Å². The van der Waals surface area contributed by atoms with E-state index in [2.05, 4.69) is 0 Å². The van der Waals surface area contributed by atoms with Gasteiger partial charge in [-0.05, 0) is 6.07 Å². The van der Waals surface area contributed by atoms with Crippen molar-refractivity contribution in [3.05, 3.63) is 39.7 Å². The summed E-state index contributed by atoms with van der Waals surface area (Å²) in [5, 5.41) is 20.5. The van der Waals surface area contributed by atoms with E-state index in [4.69, 9.17) is 0 Å². The third-order valence-electron chi connectivity index (χ3n) is 1.39. The largest absolute Gasteiger partial charge is 0.544 e. The number of carbonyl (C=O) groups is 1. The van der Waals surface area contributed by atoms with E-state index in [1.54, 1.807) is 0 Å². The molecule has 0 saturated carbocycles. The van der Waals surface area contributed by atoms with E-state index in [1.165, 1.54) is 0 Å². The van der Waals surface area contributed by atoms with E-state index < -0.39 is 28.0 Å². The number of carboxylic acids is 1. The van der Waals surface area contributed by atoms with Gasteiger partial charge in [0.1, 0.15) is 11.4 Å². The van der Waals surface area contributed by atoms with Gasteiger partial charge in [-0.15, -0.1) is 0 Å². The molecule has 0 bridgehead atoms. The van der Waals surface area contributed by atoms with Crippen molar-refractivity contribution in [3.63, 3.8) is 0 Å². The van der Waals surface area contributed by atoms with Crippen molar-refractivity contribution in [3.8, 4) is 0 Å². The van der Waals surface area contributed by atoms with Crippen LogP contribution in [0.2, 0.25) is 0 Å². The normalized spacial score (nSPS) is 9.62. The zero-order valence-corrected chi connectivity index (χ0v) is 6.19. The molecule has 1 rings (SSSR count). The highest BCUT2D eigenvalue weighted by Gasteiger charge is 2.17. The van der Waals surface area contributed by atoms with Gasteiger partial charge in [-0.25, -0.2) is 4.39 Å². The number of hydrogen-bond donors (Lipinski definition) is 0. The summed E-state index contributed by atoms with van der Waals surface area (Å²) in [5.74, 6) is -3.07. The fraction of sp³-hybridized carbons (Fsp3) is 0. The molecule has 0 unspecified atom stereocenters. The number of carboxylic acid groups (broad SMARTS) is 1. The summed E-state index contributed by atoms with van der Waals surface area (Å²) in [6, 6.07) is 2.77. The number of nitro groups is 1. The SMILES string of the molecule is O=C([O-])c1c(F)cccc1[N+](=O)[O-]. The molecular weight excluding hydrogens is 181 g/mol. The molecule has 1 aromatic carbocycles. The highest BCUT2D eigenvalue weighted by Crippen LogP contribution is 2.19. The average Bonchev–Trinajstić information content (AvgIpc) is 2.02. The van der Waals surface area contributed by atoms with Crippen molar-refractivity contribution in [2.24, 2.45) is 0 Å². The lowest BCUT2D eigenvalue weighted by Gasteiger charge is -2.03. The first-order valence-electron chi connectivity index (χ1n) is 3.18. The number of aromatic carboxylic acids is 1. The lowest BCUT2D eigenvalue weighted by atomic mass is 10.2. The van der Waals surface area contributed by atoms with Crippen LogP contribution in [0.1, 0.15) is 10.4 Å². The third kappa shape index (κ3) is 1.61. The number of nitro benzene ring substituents is 1. The molecule has 68 valence electrons. The molecule has 13 heavy (non-hydrogen) atoms. The molecule has 0 spiro atoms. The zero-order valence-electron chi connectivity index (χ0n) is 6.19. The van der Waals surface area contributed by atoms with Crippen molar-refractivity contribution in [2.45, 2.75) is 0 Å². The summed E-state index contributed by atoms with van der Waals surface area (Å²) in [5.41, 5.74) is -1.83. The maximum atomic E-state index is 12.7. The van der Waals surface area contributed by atoms with E-state index in [0.29, 0.717) is 0 Å². The minimum atomic E-state index is -1.90. The molecule has 5 nitrogen and oxygen atoms in total. The van der Waals surface area contributed by atoms with Crippen LogP contribution in [0, 0.1) is 15.9 Å². The van der Waals surface area contributed by atoms with Gasteiger partial charge < -0.3 is 9.90 Å². The Kier molecular flexibility index (Phi) is 2.23. The topological polar surface area (TPSA) is 83.3 Å². The number of rotatable bonds is 2. The highest BCUT2D eigenvalue weighted by atomic mass is 19.1. The Morgan fingerprint density at radius 3 is 2.46 bits per heavy atom. The van der Waals surface area contributed by atoms with Gasteiger partial charge in [0.25, 0.3) is 5.69 Å². The summed E-state index contributed by atoms with van der Waals surface area (Å²) in [6.07, 6.45) is 0. The first-order chi connectivity index (χ1) is 6.04. The van der Waals surface area contributed by atoms with Gasteiger partial charge in [0.15, 0.2) is 0 Å². The summed E-state index contributed by atoms with van der Waals surface area (Å²) in [6.45, 7) is 0. The third-order valence-corrected chi connectivity index (χ3v) is 1.39. The predicted molar refractivity (Wildman–Crippen MR) is 37.4 cm³/mol. The van der Waals surface area contributed by atoms with Gasteiger partial charge >= 0.3 is 0 Å². The summed E-state index contributed by atoms with van der Waals surface area (Å²) in [7, 11) is 0. The molecule has 0 radical (unpaired) electrons. The molecule has 0 atom stereocenters. The summed E-state index contributed by atoms with van der Waals surface area (Å²) in [4.78, 5) is 19.5. The zero-order chi connectivity index (χ0) is 10.0. The fourth-order valence-corrected chi connectivity index (χ4v) is 0.867. The van der Waals surface area contributed by atoms with E-state index in [0.717, 1.165) is 18.2 Å². The number of hydrogen-bond acceptors (Lipinski definition) is 4. The number of nitrogens with zero attached hydrogens (tertiary/aromatic N) is 1. The first-order valence-corrected chi connectivity index (χ1v) is 3.18. The highest BCUT2D eigenvalue weighted by molar-refractivity contribution is 5.90. The standard InChI is InChI=1S/C7H4FNO4/c8-4-2-1-3-5(9(12)13)6(4)7(10)11/h1-3H,(H,10,11)/p-1. The minimum Gasteiger partial charge on any atom is -0.544 e. The van der Waals surface area contributed by atoms with Crippen LogP contribution in [0.4, 0.5) is 10.1 Å². The molecule has 0 amide bonds. The predicted octanol–water partition coefficient (Wildman–Crippen LogP) is 0.0974. The molecule has 6 heteroatoms. The van der Waals surface area contributed by atoms with Gasteiger partial charge in [0.05, 0.1) is 10.9 Å². The van der Waals surface area contributed by atoms with E-state index >= 15 is 0 Å². The van der Waals surface area contributed by atoms with Crippen molar-refractivity contribution in [1.29, 1.82) is 0 Å². The Morgan fingerprint density at radius 2 is 2.08 bits per heavy atom. The average molecular weight is 184 g/mol. The molecule has 0 aliphatic rings. The van der Waals surface area contributed by atoms with Crippen LogP contribution >= 0.6 is 0 Å². The molecule has 0 N–H and O–H groups in total. The number of benzene rings is 1. The summed E-state index contributed by atoms with van der Waals surface area (Å²) >= 11 is 0. The van der Waals surface area contributed by atoms with Crippen LogP contribution in [0.3, 0.4) is 0 Å². The fourth-order valence-electron chi connectivity index (χ4n) is 0.867. The second-order valence-corrected chi connectivity index (χ2v) is 2.18. The maximum Gasteiger partial charge on any atom is 0.281 e. The molecule has 0 heterocycles. The van der Waals surface area contributed by atoms with Gasteiger partial charge in [-0.2, -0.15) is 0 Å². The summed E-state index contributed by atoms with van der Waals surface area (Å²) < 4.78 is 12.7. The number of carbonyl (C=O) groups excluding carboxylic acids is 1. The van der Waals surface area contributed by atoms with Gasteiger partial charge in [0.2, 0.25) is 0 Å². The molecule has 0 saturated heterocycles. The minimum absolute atomic E-state index is 0.806. The lowest BCUT2D eigenvalue weighted by Crippen LogP contribution is -2.24. The van der Waals surface area contributed by atoms with Crippen LogP contribution < -0.4 is 5.11 Å². The molecular formula is C7H3FNO4-. The van der Waals surface area contributed by atoms with Crippen molar-refractivity contribution < 1.29 is 19.2 Å². The smallest absolute Gasteiger partial charge is 0.281 e. The number of halogens is 1. The second kappa shape index (κ2) is 3.18. The maximum absolute atomic E-state index is 12.7. The Hall–Kier alpha value is -1.98. The van der Waals surface area contributed by atoms with Gasteiger partial charge in [-0.1, -0.05) is 6.07 Å². The molecule has 1 aromatic rings. The van der Waals surface area contributed by atoms with E-state index in [9.17, 15) is 24.4 Å². The van der Waals surface area contributed by atoms with Crippen LogP contribution in [0.15, 0.2) is 18.2 Å². The molecule has 0 fully saturated rings. The molecule has 0 aliphatic carbocycles. The second-order valence-electron chi connectivity index (χ2n) is 2.18. The van der Waals surface area contributed by atoms with Crippen LogP contribution in [0.25, 0.3) is 0 Å². The lowest BCUT2D eigenvalue weighted by molar-refractivity contribution is -0.386. The quantitative estimate of drug-likeness (QED) is 0.481. The van der Waals surface area contributed by atoms with Gasteiger partial charge in [0, 0.05) is 6.07 Å². The van der Waals surface area contributed by atoms with Crippen LogP contribution in [-0.4, -0.2) is 10.9 Å². The van der Waals surface area contributed by atoms with E-state index in [1.807, 2.05) is 0 Å². The van der Waals surface area contributed by atoms with Crippen molar-refractivity contribution >= 4 is 11.7 Å². The Bertz CT molecular complexity index is 377. The van der Waals surface area contributed by atoms with Gasteiger partial charge in [-0.3, -0.25) is 10.1 Å². The Balaban J connectivity index is 3.43.